The van der Waals surface area contributed by atoms with Crippen LogP contribution < -0.4 is 4.90 Å². The zero-order chi connectivity index (χ0) is 28.7. The number of hydrogen-bond donors (Lipinski definition) is 0. The van der Waals surface area contributed by atoms with Gasteiger partial charge < -0.3 is 9.32 Å². The molecule has 0 radical (unpaired) electrons. The Labute approximate surface area is 245 Å². The third-order valence-corrected chi connectivity index (χ3v) is 7.36. The van der Waals surface area contributed by atoms with Gasteiger partial charge in [0.2, 0.25) is 5.89 Å². The third-order valence-electron chi connectivity index (χ3n) is 7.36. The molecule has 0 unspecified atom stereocenters. The fourth-order valence-electron chi connectivity index (χ4n) is 5.27. The van der Waals surface area contributed by atoms with E-state index in [9.17, 15) is 0 Å². The molecule has 0 bridgehead atoms. The second-order valence-electron chi connectivity index (χ2n) is 11.4. The second kappa shape index (κ2) is 10.3. The van der Waals surface area contributed by atoms with Gasteiger partial charge in [0.15, 0.2) is 5.58 Å². The summed E-state index contributed by atoms with van der Waals surface area (Å²) in [6.45, 7) is 6.56. The molecular formula is C37H30N4O. The number of benzene rings is 5. The largest absolute Gasteiger partial charge is 0.436 e. The molecule has 0 fully saturated rings. The Kier molecular flexibility index (Phi) is 6.28. The number of aromatic nitrogens is 3. The van der Waals surface area contributed by atoms with E-state index in [0.29, 0.717) is 5.89 Å². The summed E-state index contributed by atoms with van der Waals surface area (Å²) in [7, 11) is 0. The fraction of sp³-hybridized carbons (Fsp3) is 0.108. The molecule has 5 nitrogen and oxygen atoms in total. The zero-order valence-corrected chi connectivity index (χ0v) is 23.8. The number of nitrogens with zero attached hydrogens (tertiary/aromatic N) is 4. The molecule has 0 N–H and O–H groups in total. The summed E-state index contributed by atoms with van der Waals surface area (Å²) in [5.41, 5.74) is 10.3. The first-order valence-corrected chi connectivity index (χ1v) is 14.1. The second-order valence-corrected chi connectivity index (χ2v) is 11.4. The smallest absolute Gasteiger partial charge is 0.227 e. The van der Waals surface area contributed by atoms with Crippen LogP contribution in [-0.2, 0) is 5.41 Å². The number of oxazole rings is 1. The highest BCUT2D eigenvalue weighted by Gasteiger charge is 2.23. The normalized spacial score (nSPS) is 11.7. The molecular weight excluding hydrogens is 516 g/mol. The van der Waals surface area contributed by atoms with Crippen LogP contribution in [0.5, 0.6) is 0 Å². The van der Waals surface area contributed by atoms with Gasteiger partial charge in [0.05, 0.1) is 22.4 Å². The quantitative estimate of drug-likeness (QED) is 0.215. The van der Waals surface area contributed by atoms with Gasteiger partial charge in [-0.1, -0.05) is 75.4 Å². The molecule has 2 heterocycles. The van der Waals surface area contributed by atoms with Crippen LogP contribution in [0.25, 0.3) is 44.8 Å². The predicted molar refractivity (Wildman–Crippen MR) is 171 cm³/mol. The molecule has 204 valence electrons. The van der Waals surface area contributed by atoms with Crippen LogP contribution in [0.2, 0.25) is 0 Å². The summed E-state index contributed by atoms with van der Waals surface area (Å²) < 4.78 is 6.00. The lowest BCUT2D eigenvalue weighted by molar-refractivity contribution is 0.571. The van der Waals surface area contributed by atoms with Crippen LogP contribution in [0.15, 0.2) is 132 Å². The minimum atomic E-state index is -0.155. The van der Waals surface area contributed by atoms with Gasteiger partial charge in [0.25, 0.3) is 0 Å². The first-order chi connectivity index (χ1) is 20.4. The van der Waals surface area contributed by atoms with Crippen LogP contribution in [0.4, 0.5) is 17.1 Å². The maximum atomic E-state index is 6.00. The monoisotopic (exact) mass is 546 g/mol. The lowest BCUT2D eigenvalue weighted by atomic mass is 9.88. The molecule has 2 aromatic heterocycles. The SMILES string of the molecule is CC(C)(C)c1nc2ccccc2nc1-c1ccc(N(c2ccccc2)c2ccc(-c3nc4ccccc4o3)cc2)cc1. The molecule has 0 saturated heterocycles. The van der Waals surface area contributed by atoms with Gasteiger partial charge in [-0.05, 0) is 72.8 Å². The van der Waals surface area contributed by atoms with Crippen LogP contribution >= 0.6 is 0 Å². The van der Waals surface area contributed by atoms with Crippen LogP contribution in [0.1, 0.15) is 26.5 Å². The molecule has 0 spiro atoms. The Balaban J connectivity index is 1.28. The van der Waals surface area contributed by atoms with Gasteiger partial charge in [-0.15, -0.1) is 0 Å². The maximum absolute atomic E-state index is 6.00. The van der Waals surface area contributed by atoms with Gasteiger partial charge in [-0.25, -0.2) is 15.0 Å². The van der Waals surface area contributed by atoms with E-state index in [0.717, 1.165) is 61.7 Å². The van der Waals surface area contributed by atoms with E-state index in [1.165, 1.54) is 0 Å². The average molecular weight is 547 g/mol. The molecule has 0 saturated carbocycles. The standard InChI is InChI=1S/C37H30N4O/c1-37(2,3)35-34(38-30-13-7-8-14-31(30)39-35)25-17-21-28(22-18-25)41(27-11-5-4-6-12-27)29-23-19-26(20-24-29)36-40-32-15-9-10-16-33(32)42-36/h4-24H,1-3H3. The van der Waals surface area contributed by atoms with E-state index >= 15 is 0 Å². The number of para-hydroxylation sites is 5. The van der Waals surface area contributed by atoms with E-state index in [-0.39, 0.29) is 5.41 Å². The molecule has 0 aliphatic heterocycles. The van der Waals surface area contributed by atoms with E-state index in [4.69, 9.17) is 14.4 Å². The van der Waals surface area contributed by atoms with Crippen molar-refractivity contribution in [3.8, 4) is 22.7 Å². The van der Waals surface area contributed by atoms with Crippen LogP contribution in [0.3, 0.4) is 0 Å². The van der Waals surface area contributed by atoms with Crippen molar-refractivity contribution in [2.24, 2.45) is 0 Å². The van der Waals surface area contributed by atoms with Crippen molar-refractivity contribution in [3.05, 3.63) is 133 Å². The highest BCUT2D eigenvalue weighted by Crippen LogP contribution is 2.38. The third kappa shape index (κ3) is 4.79. The number of hydrogen-bond acceptors (Lipinski definition) is 5. The molecule has 5 heteroatoms. The van der Waals surface area contributed by atoms with E-state index < -0.39 is 0 Å². The highest BCUT2D eigenvalue weighted by atomic mass is 16.3. The van der Waals surface area contributed by atoms with Gasteiger partial charge in [0.1, 0.15) is 5.52 Å². The summed E-state index contributed by atoms with van der Waals surface area (Å²) in [5, 5.41) is 0. The highest BCUT2D eigenvalue weighted by molar-refractivity contribution is 5.82. The minimum Gasteiger partial charge on any atom is -0.436 e. The lowest BCUT2D eigenvalue weighted by Crippen LogP contribution is -2.16. The summed E-state index contributed by atoms with van der Waals surface area (Å²) in [6.07, 6.45) is 0. The first-order valence-electron chi connectivity index (χ1n) is 14.1. The van der Waals surface area contributed by atoms with E-state index in [1.807, 2.05) is 54.6 Å². The van der Waals surface area contributed by atoms with Crippen molar-refractivity contribution in [2.75, 3.05) is 4.90 Å². The molecule has 7 rings (SSSR count). The zero-order valence-electron chi connectivity index (χ0n) is 23.8. The van der Waals surface area contributed by atoms with Crippen LogP contribution in [0, 0.1) is 0 Å². The molecule has 0 aliphatic rings. The molecule has 0 atom stereocenters. The molecule has 7 aromatic rings. The summed E-state index contributed by atoms with van der Waals surface area (Å²) in [4.78, 5) is 17.0. The van der Waals surface area contributed by atoms with Crippen LogP contribution in [-0.4, -0.2) is 15.0 Å². The predicted octanol–water partition coefficient (Wildman–Crippen LogP) is 9.87. The Morgan fingerprint density at radius 3 is 1.64 bits per heavy atom. The molecule has 5 aromatic carbocycles. The Bertz CT molecular complexity index is 1970. The molecule has 0 amide bonds. The number of fused-ring (bicyclic) bond motifs is 2. The van der Waals surface area contributed by atoms with Crippen molar-refractivity contribution >= 4 is 39.2 Å². The Morgan fingerprint density at radius 2 is 1.02 bits per heavy atom. The number of anilines is 3. The van der Waals surface area contributed by atoms with E-state index in [2.05, 4.69) is 103 Å². The minimum absolute atomic E-state index is 0.155. The Morgan fingerprint density at radius 1 is 0.500 bits per heavy atom. The van der Waals surface area contributed by atoms with Crippen molar-refractivity contribution in [1.82, 2.24) is 15.0 Å². The van der Waals surface area contributed by atoms with Gasteiger partial charge in [-0.3, -0.25) is 0 Å². The fourth-order valence-corrected chi connectivity index (χ4v) is 5.27. The summed E-state index contributed by atoms with van der Waals surface area (Å²) in [5.74, 6) is 0.615. The van der Waals surface area contributed by atoms with Crippen molar-refractivity contribution in [1.29, 1.82) is 0 Å². The lowest BCUT2D eigenvalue weighted by Gasteiger charge is -2.26. The van der Waals surface area contributed by atoms with Gasteiger partial charge >= 0.3 is 0 Å². The van der Waals surface area contributed by atoms with Gasteiger partial charge in [0, 0.05) is 33.6 Å². The average Bonchev–Trinajstić information content (AvgIpc) is 3.46. The van der Waals surface area contributed by atoms with Crippen molar-refractivity contribution in [2.45, 2.75) is 26.2 Å². The number of rotatable bonds is 5. The Hall–Kier alpha value is -5.29. The summed E-state index contributed by atoms with van der Waals surface area (Å²) in [6, 6.07) is 43.2. The molecule has 42 heavy (non-hydrogen) atoms. The van der Waals surface area contributed by atoms with E-state index in [1.54, 1.807) is 0 Å². The first kappa shape index (κ1) is 25.7. The molecule has 0 aliphatic carbocycles. The van der Waals surface area contributed by atoms with Crippen molar-refractivity contribution < 1.29 is 4.42 Å². The van der Waals surface area contributed by atoms with Gasteiger partial charge in [-0.2, -0.15) is 0 Å². The van der Waals surface area contributed by atoms with Crippen molar-refractivity contribution in [3.63, 3.8) is 0 Å². The summed E-state index contributed by atoms with van der Waals surface area (Å²) >= 11 is 0. The topological polar surface area (TPSA) is 55.1 Å². The maximum Gasteiger partial charge on any atom is 0.227 e.